The molecule has 3 rings (SSSR count). The monoisotopic (exact) mass is 330 g/mol. The number of likely N-dealkylation sites (N-methyl/N-ethyl adjacent to an activating group) is 1. The lowest BCUT2D eigenvalue weighted by Gasteiger charge is -2.32. The first-order valence-corrected chi connectivity index (χ1v) is 8.02. The van der Waals surface area contributed by atoms with Crippen LogP contribution in [0.5, 0.6) is 0 Å². The van der Waals surface area contributed by atoms with Gasteiger partial charge in [-0.25, -0.2) is 8.78 Å². The zero-order valence-electron chi connectivity index (χ0n) is 13.6. The normalized spacial score (nSPS) is 16.3. The van der Waals surface area contributed by atoms with Crippen molar-refractivity contribution in [1.29, 1.82) is 0 Å². The molecular weight excluding hydrogens is 310 g/mol. The van der Waals surface area contributed by atoms with Gasteiger partial charge >= 0.3 is 0 Å². The molecule has 1 fully saturated rings. The van der Waals surface area contributed by atoms with Gasteiger partial charge in [-0.2, -0.15) is 0 Å². The molecule has 0 amide bonds. The molecule has 0 N–H and O–H groups in total. The van der Waals surface area contributed by atoms with Crippen LogP contribution in [0.4, 0.5) is 8.78 Å². The maximum Gasteiger partial charge on any atom is 0.193 e. The molecule has 0 aliphatic carbocycles. The summed E-state index contributed by atoms with van der Waals surface area (Å²) in [4.78, 5) is 17.1. The van der Waals surface area contributed by atoms with Crippen molar-refractivity contribution in [2.24, 2.45) is 0 Å². The van der Waals surface area contributed by atoms with Crippen molar-refractivity contribution in [1.82, 2.24) is 9.80 Å². The molecule has 1 aliphatic heterocycles. The second-order valence-electron chi connectivity index (χ2n) is 6.27. The third-order valence-corrected chi connectivity index (χ3v) is 4.32. The lowest BCUT2D eigenvalue weighted by molar-refractivity contribution is 0.103. The smallest absolute Gasteiger partial charge is 0.193 e. The number of rotatable bonds is 4. The molecule has 0 aromatic heterocycles. The maximum atomic E-state index is 13.3. The minimum atomic E-state index is -0.744. The average Bonchev–Trinajstić information content (AvgIpc) is 2.56. The third kappa shape index (κ3) is 4.04. The fraction of sp³-hybridized carbons (Fsp3) is 0.316. The van der Waals surface area contributed by atoms with E-state index in [4.69, 9.17) is 0 Å². The van der Waals surface area contributed by atoms with E-state index in [0.29, 0.717) is 5.56 Å². The molecule has 0 spiro atoms. The fourth-order valence-corrected chi connectivity index (χ4v) is 2.93. The standard InChI is InChI=1S/C19H20F2N2O/c1-22-5-7-23(8-6-22)13-14-3-2-4-15(9-14)19(24)16-10-17(20)12-18(21)11-16/h2-4,9-12H,5-8,13H2,1H3. The van der Waals surface area contributed by atoms with Gasteiger partial charge in [0, 0.05) is 49.9 Å². The molecule has 0 saturated carbocycles. The Kier molecular flexibility index (Phi) is 5.02. The number of nitrogens with zero attached hydrogens (tertiary/aromatic N) is 2. The van der Waals surface area contributed by atoms with Crippen LogP contribution >= 0.6 is 0 Å². The SMILES string of the molecule is CN1CCN(Cc2cccc(C(=O)c3cc(F)cc(F)c3)c2)CC1. The van der Waals surface area contributed by atoms with Gasteiger partial charge in [0.25, 0.3) is 0 Å². The summed E-state index contributed by atoms with van der Waals surface area (Å²) in [7, 11) is 2.11. The number of hydrogen-bond donors (Lipinski definition) is 0. The molecular formula is C19H20F2N2O. The van der Waals surface area contributed by atoms with Crippen LogP contribution in [-0.4, -0.2) is 48.8 Å². The van der Waals surface area contributed by atoms with E-state index in [1.54, 1.807) is 6.07 Å². The Hall–Kier alpha value is -2.11. The Morgan fingerprint density at radius 1 is 0.958 bits per heavy atom. The Morgan fingerprint density at radius 3 is 2.29 bits per heavy atom. The van der Waals surface area contributed by atoms with Gasteiger partial charge < -0.3 is 4.90 Å². The van der Waals surface area contributed by atoms with Crippen LogP contribution < -0.4 is 0 Å². The second kappa shape index (κ2) is 7.20. The molecule has 0 radical (unpaired) electrons. The van der Waals surface area contributed by atoms with Gasteiger partial charge in [-0.05, 0) is 30.8 Å². The molecule has 0 atom stereocenters. The predicted octanol–water partition coefficient (Wildman–Crippen LogP) is 2.94. The summed E-state index contributed by atoms with van der Waals surface area (Å²) in [5.74, 6) is -1.85. The topological polar surface area (TPSA) is 23.6 Å². The van der Waals surface area contributed by atoms with Crippen molar-refractivity contribution in [2.75, 3.05) is 33.2 Å². The van der Waals surface area contributed by atoms with Crippen LogP contribution in [0.25, 0.3) is 0 Å². The summed E-state index contributed by atoms with van der Waals surface area (Å²) in [6.45, 7) is 4.81. The van der Waals surface area contributed by atoms with Gasteiger partial charge in [0.05, 0.1) is 0 Å². The van der Waals surface area contributed by atoms with Crippen molar-refractivity contribution in [3.8, 4) is 0 Å². The van der Waals surface area contributed by atoms with Crippen molar-refractivity contribution in [3.63, 3.8) is 0 Å². The molecule has 126 valence electrons. The lowest BCUT2D eigenvalue weighted by Crippen LogP contribution is -2.43. The first-order chi connectivity index (χ1) is 11.5. The highest BCUT2D eigenvalue weighted by atomic mass is 19.1. The Morgan fingerprint density at radius 2 is 1.62 bits per heavy atom. The molecule has 2 aromatic carbocycles. The Labute approximate surface area is 140 Å². The molecule has 1 heterocycles. The van der Waals surface area contributed by atoms with E-state index in [2.05, 4.69) is 16.8 Å². The van der Waals surface area contributed by atoms with Gasteiger partial charge in [-0.3, -0.25) is 9.69 Å². The van der Waals surface area contributed by atoms with Crippen molar-refractivity contribution < 1.29 is 13.6 Å². The van der Waals surface area contributed by atoms with E-state index >= 15 is 0 Å². The number of carbonyl (C=O) groups excluding carboxylic acids is 1. The van der Waals surface area contributed by atoms with Crippen molar-refractivity contribution in [3.05, 3.63) is 70.8 Å². The number of ketones is 1. The summed E-state index contributed by atoms with van der Waals surface area (Å²) in [5.41, 5.74) is 1.51. The first-order valence-electron chi connectivity index (χ1n) is 8.02. The van der Waals surface area contributed by atoms with Crippen LogP contribution in [0.1, 0.15) is 21.5 Å². The summed E-state index contributed by atoms with van der Waals surface area (Å²) in [6, 6.07) is 10.2. The lowest BCUT2D eigenvalue weighted by atomic mass is 10.0. The van der Waals surface area contributed by atoms with Gasteiger partial charge in [-0.1, -0.05) is 18.2 Å². The first kappa shape index (κ1) is 16.7. The number of benzene rings is 2. The van der Waals surface area contributed by atoms with E-state index in [-0.39, 0.29) is 11.3 Å². The molecule has 1 saturated heterocycles. The highest BCUT2D eigenvalue weighted by Gasteiger charge is 2.16. The number of piperazine rings is 1. The summed E-state index contributed by atoms with van der Waals surface area (Å²) < 4.78 is 26.6. The van der Waals surface area contributed by atoms with Gasteiger partial charge in [0.1, 0.15) is 11.6 Å². The zero-order chi connectivity index (χ0) is 17.1. The molecule has 1 aliphatic rings. The fourth-order valence-electron chi connectivity index (χ4n) is 2.93. The van der Waals surface area contributed by atoms with Crippen LogP contribution in [0, 0.1) is 11.6 Å². The number of hydrogen-bond acceptors (Lipinski definition) is 3. The number of halogens is 2. The Bertz CT molecular complexity index is 720. The van der Waals surface area contributed by atoms with E-state index in [1.807, 2.05) is 18.2 Å². The molecule has 2 aromatic rings. The van der Waals surface area contributed by atoms with E-state index < -0.39 is 11.6 Å². The van der Waals surface area contributed by atoms with E-state index in [1.165, 1.54) is 0 Å². The third-order valence-electron chi connectivity index (χ3n) is 4.32. The molecule has 0 bridgehead atoms. The van der Waals surface area contributed by atoms with E-state index in [0.717, 1.165) is 56.5 Å². The average molecular weight is 330 g/mol. The van der Waals surface area contributed by atoms with E-state index in [9.17, 15) is 13.6 Å². The molecule has 3 nitrogen and oxygen atoms in total. The zero-order valence-corrected chi connectivity index (χ0v) is 13.6. The van der Waals surface area contributed by atoms with Crippen LogP contribution in [0.2, 0.25) is 0 Å². The summed E-state index contributed by atoms with van der Waals surface area (Å²) >= 11 is 0. The number of carbonyl (C=O) groups is 1. The minimum absolute atomic E-state index is 0.0317. The quantitative estimate of drug-likeness (QED) is 0.806. The van der Waals surface area contributed by atoms with Gasteiger partial charge in [0.15, 0.2) is 5.78 Å². The highest BCUT2D eigenvalue weighted by Crippen LogP contribution is 2.16. The van der Waals surface area contributed by atoms with Crippen LogP contribution in [0.3, 0.4) is 0 Å². The molecule has 24 heavy (non-hydrogen) atoms. The van der Waals surface area contributed by atoms with Crippen LogP contribution in [0.15, 0.2) is 42.5 Å². The van der Waals surface area contributed by atoms with Crippen LogP contribution in [-0.2, 0) is 6.54 Å². The largest absolute Gasteiger partial charge is 0.304 e. The maximum absolute atomic E-state index is 13.3. The van der Waals surface area contributed by atoms with Crippen molar-refractivity contribution in [2.45, 2.75) is 6.54 Å². The second-order valence-corrected chi connectivity index (χ2v) is 6.27. The molecule has 0 unspecified atom stereocenters. The minimum Gasteiger partial charge on any atom is -0.304 e. The van der Waals surface area contributed by atoms with Gasteiger partial charge in [-0.15, -0.1) is 0 Å². The van der Waals surface area contributed by atoms with Gasteiger partial charge in [0.2, 0.25) is 0 Å². The predicted molar refractivity (Wildman–Crippen MR) is 89.0 cm³/mol. The highest BCUT2D eigenvalue weighted by molar-refractivity contribution is 6.09. The Balaban J connectivity index is 1.76. The summed E-state index contributed by atoms with van der Waals surface area (Å²) in [5, 5.41) is 0. The summed E-state index contributed by atoms with van der Waals surface area (Å²) in [6.07, 6.45) is 0. The molecule has 5 heteroatoms. The van der Waals surface area contributed by atoms with Crippen molar-refractivity contribution >= 4 is 5.78 Å².